The van der Waals surface area contributed by atoms with Gasteiger partial charge in [0.1, 0.15) is 11.2 Å². The number of fused-ring (bicyclic) bond motifs is 9. The number of para-hydroxylation sites is 2. The fraction of sp³-hybridized carbons (Fsp3) is 0. The molecule has 0 fully saturated rings. The lowest BCUT2D eigenvalue weighted by molar-refractivity contribution is 0.671. The number of hydrogen-bond acceptors (Lipinski definition) is 4. The Labute approximate surface area is 317 Å². The van der Waals surface area contributed by atoms with Crippen molar-refractivity contribution < 1.29 is 4.42 Å². The van der Waals surface area contributed by atoms with E-state index in [1.807, 2.05) is 60.7 Å². The molecule has 9 aromatic carbocycles. The summed E-state index contributed by atoms with van der Waals surface area (Å²) in [6.45, 7) is 0. The van der Waals surface area contributed by atoms with Crippen LogP contribution in [0.1, 0.15) is 0 Å². The summed E-state index contributed by atoms with van der Waals surface area (Å²) in [6.07, 6.45) is 0. The third-order valence-corrected chi connectivity index (χ3v) is 10.7. The molecule has 0 radical (unpaired) electrons. The Morgan fingerprint density at radius 2 is 0.618 bits per heavy atom. The summed E-state index contributed by atoms with van der Waals surface area (Å²) in [4.78, 5) is 14.7. The van der Waals surface area contributed by atoms with E-state index < -0.39 is 0 Å². The number of aromatic nitrogens is 3. The van der Waals surface area contributed by atoms with Gasteiger partial charge in [-0.2, -0.15) is 0 Å². The van der Waals surface area contributed by atoms with Gasteiger partial charge in [0.05, 0.1) is 0 Å². The highest BCUT2D eigenvalue weighted by molar-refractivity contribution is 6.26. The Morgan fingerprint density at radius 1 is 0.255 bits per heavy atom. The third-order valence-electron chi connectivity index (χ3n) is 10.7. The molecule has 11 aromatic rings. The zero-order valence-corrected chi connectivity index (χ0v) is 29.6. The van der Waals surface area contributed by atoms with Crippen LogP contribution >= 0.6 is 0 Å². The predicted molar refractivity (Wildman–Crippen MR) is 227 cm³/mol. The lowest BCUT2D eigenvalue weighted by Crippen LogP contribution is -2.00. The van der Waals surface area contributed by atoms with Crippen LogP contribution in [0, 0.1) is 0 Å². The highest BCUT2D eigenvalue weighted by Gasteiger charge is 2.18. The molecule has 11 rings (SSSR count). The van der Waals surface area contributed by atoms with Crippen LogP contribution in [-0.4, -0.2) is 15.0 Å². The Morgan fingerprint density at radius 3 is 1.13 bits per heavy atom. The van der Waals surface area contributed by atoms with Gasteiger partial charge in [0.15, 0.2) is 17.5 Å². The summed E-state index contributed by atoms with van der Waals surface area (Å²) >= 11 is 0. The molecule has 0 saturated carbocycles. The second kappa shape index (κ2) is 12.6. The monoisotopic (exact) mass is 701 g/mol. The molecule has 0 aliphatic heterocycles. The van der Waals surface area contributed by atoms with Gasteiger partial charge in [-0.15, -0.1) is 0 Å². The maximum atomic E-state index is 6.90. The average Bonchev–Trinajstić information content (AvgIpc) is 3.66. The Balaban J connectivity index is 1.02. The molecule has 0 amide bonds. The van der Waals surface area contributed by atoms with Gasteiger partial charge in [0.2, 0.25) is 0 Å². The van der Waals surface area contributed by atoms with Gasteiger partial charge in [-0.25, -0.2) is 15.0 Å². The van der Waals surface area contributed by atoms with Crippen LogP contribution in [0.5, 0.6) is 0 Å². The number of hydrogen-bond donors (Lipinski definition) is 0. The normalized spacial score (nSPS) is 11.6. The van der Waals surface area contributed by atoms with E-state index in [9.17, 15) is 0 Å². The van der Waals surface area contributed by atoms with Crippen molar-refractivity contribution >= 4 is 54.3 Å². The minimum atomic E-state index is 0.627. The Hall–Kier alpha value is -7.43. The SMILES string of the molecule is c1ccc(-c2nc(-c3ccccc3)nc(-c3ccc(-c4cccc5c4oc4c(-c6ccc7c8ccccc8c8ccccc8c7c6)cccc45)cc3)n2)cc1. The summed E-state index contributed by atoms with van der Waals surface area (Å²) in [6, 6.07) is 65.7. The van der Waals surface area contributed by atoms with Crippen molar-refractivity contribution in [2.45, 2.75) is 0 Å². The topological polar surface area (TPSA) is 51.8 Å². The van der Waals surface area contributed by atoms with Crippen LogP contribution in [0.15, 0.2) is 192 Å². The molecular weight excluding hydrogens is 671 g/mol. The molecule has 4 heteroatoms. The van der Waals surface area contributed by atoms with Crippen molar-refractivity contribution in [3.05, 3.63) is 188 Å². The van der Waals surface area contributed by atoms with E-state index in [4.69, 9.17) is 19.4 Å². The number of nitrogens with zero attached hydrogens (tertiary/aromatic N) is 3. The van der Waals surface area contributed by atoms with Gasteiger partial charge in [0.25, 0.3) is 0 Å². The molecule has 0 saturated heterocycles. The van der Waals surface area contributed by atoms with E-state index in [1.165, 1.54) is 32.3 Å². The first kappa shape index (κ1) is 31.1. The molecule has 0 aliphatic carbocycles. The van der Waals surface area contributed by atoms with E-state index in [0.29, 0.717) is 17.5 Å². The fourth-order valence-electron chi connectivity index (χ4n) is 8.09. The summed E-state index contributed by atoms with van der Waals surface area (Å²) in [5.74, 6) is 1.91. The molecular formula is C51H31N3O. The minimum absolute atomic E-state index is 0.627. The van der Waals surface area contributed by atoms with Crippen LogP contribution in [0.4, 0.5) is 0 Å². The molecule has 2 aromatic heterocycles. The van der Waals surface area contributed by atoms with Crippen molar-refractivity contribution in [2.75, 3.05) is 0 Å². The largest absolute Gasteiger partial charge is 0.455 e. The molecule has 256 valence electrons. The van der Waals surface area contributed by atoms with Crippen molar-refractivity contribution in [2.24, 2.45) is 0 Å². The molecule has 0 unspecified atom stereocenters. The zero-order chi connectivity index (χ0) is 36.3. The molecule has 0 atom stereocenters. The van der Waals surface area contributed by atoms with Crippen LogP contribution in [0.3, 0.4) is 0 Å². The smallest absolute Gasteiger partial charge is 0.164 e. The first-order valence-corrected chi connectivity index (χ1v) is 18.5. The van der Waals surface area contributed by atoms with Gasteiger partial charge in [-0.1, -0.05) is 182 Å². The van der Waals surface area contributed by atoms with Gasteiger partial charge < -0.3 is 4.42 Å². The van der Waals surface area contributed by atoms with Crippen molar-refractivity contribution in [3.8, 4) is 56.4 Å². The molecule has 4 nitrogen and oxygen atoms in total. The van der Waals surface area contributed by atoms with Crippen molar-refractivity contribution in [1.82, 2.24) is 15.0 Å². The van der Waals surface area contributed by atoms with E-state index in [0.717, 1.165) is 60.9 Å². The second-order valence-electron chi connectivity index (χ2n) is 13.9. The van der Waals surface area contributed by atoms with Crippen LogP contribution in [0.2, 0.25) is 0 Å². The number of furan rings is 1. The fourth-order valence-corrected chi connectivity index (χ4v) is 8.09. The zero-order valence-electron chi connectivity index (χ0n) is 29.6. The maximum Gasteiger partial charge on any atom is 0.164 e. The van der Waals surface area contributed by atoms with E-state index >= 15 is 0 Å². The molecule has 0 spiro atoms. The summed E-state index contributed by atoms with van der Waals surface area (Å²) in [5.41, 5.74) is 8.86. The lowest BCUT2D eigenvalue weighted by atomic mass is 9.92. The van der Waals surface area contributed by atoms with Gasteiger partial charge >= 0.3 is 0 Å². The molecule has 0 aliphatic rings. The number of rotatable bonds is 5. The lowest BCUT2D eigenvalue weighted by Gasteiger charge is -2.12. The van der Waals surface area contributed by atoms with E-state index in [2.05, 4.69) is 127 Å². The van der Waals surface area contributed by atoms with Crippen molar-refractivity contribution in [3.63, 3.8) is 0 Å². The molecule has 0 bridgehead atoms. The second-order valence-corrected chi connectivity index (χ2v) is 13.9. The van der Waals surface area contributed by atoms with Gasteiger partial charge in [-0.05, 0) is 49.5 Å². The highest BCUT2D eigenvalue weighted by Crippen LogP contribution is 2.42. The summed E-state index contributed by atoms with van der Waals surface area (Å²) in [7, 11) is 0. The van der Waals surface area contributed by atoms with E-state index in [-0.39, 0.29) is 0 Å². The van der Waals surface area contributed by atoms with Crippen LogP contribution in [0.25, 0.3) is 111 Å². The highest BCUT2D eigenvalue weighted by atomic mass is 16.3. The quantitative estimate of drug-likeness (QED) is 0.168. The molecule has 2 heterocycles. The predicted octanol–water partition coefficient (Wildman–Crippen LogP) is 13.6. The molecule has 55 heavy (non-hydrogen) atoms. The first-order valence-electron chi connectivity index (χ1n) is 18.5. The van der Waals surface area contributed by atoms with Crippen LogP contribution in [-0.2, 0) is 0 Å². The average molecular weight is 702 g/mol. The number of benzene rings is 9. The van der Waals surface area contributed by atoms with Gasteiger partial charge in [-0.3, -0.25) is 0 Å². The van der Waals surface area contributed by atoms with Gasteiger partial charge in [0, 0.05) is 38.6 Å². The van der Waals surface area contributed by atoms with Crippen LogP contribution < -0.4 is 0 Å². The molecule has 0 N–H and O–H groups in total. The Kier molecular flexibility index (Phi) is 7.14. The Bertz CT molecular complexity index is 3150. The summed E-state index contributed by atoms with van der Waals surface area (Å²) < 4.78 is 6.90. The van der Waals surface area contributed by atoms with Crippen molar-refractivity contribution in [1.29, 1.82) is 0 Å². The maximum absolute atomic E-state index is 6.90. The first-order chi connectivity index (χ1) is 27.3. The third kappa shape index (κ3) is 5.19. The summed E-state index contributed by atoms with van der Waals surface area (Å²) in [5, 5.41) is 9.75. The van der Waals surface area contributed by atoms with E-state index in [1.54, 1.807) is 0 Å². The standard InChI is InChI=1S/C51H31N3O/c1-3-13-33(14-4-1)49-52-50(34-15-5-2-6-16-34)54-51(53-49)35-27-25-32(26-28-35)37-21-11-23-44-45-24-12-22-38(48(45)55-47(37)44)36-29-30-43-41-19-8-7-17-39(41)40-18-9-10-20-42(40)46(43)31-36/h1-31H. The minimum Gasteiger partial charge on any atom is -0.455 e.